The minimum Gasteiger partial charge on any atom is -0.390 e. The molecule has 2 unspecified atom stereocenters. The van der Waals surface area contributed by atoms with Crippen molar-refractivity contribution in [2.45, 2.75) is 25.6 Å². The normalized spacial score (nSPS) is 15.1. The first kappa shape index (κ1) is 11.6. The monoisotopic (exact) mass is 259 g/mol. The van der Waals surface area contributed by atoms with Gasteiger partial charge in [-0.2, -0.15) is 0 Å². The van der Waals surface area contributed by atoms with Crippen molar-refractivity contribution in [3.8, 4) is 0 Å². The van der Waals surface area contributed by atoms with E-state index < -0.39 is 12.2 Å². The van der Waals surface area contributed by atoms with Gasteiger partial charge in [-0.25, -0.2) is 0 Å². The summed E-state index contributed by atoms with van der Waals surface area (Å²) < 4.78 is 0. The Labute approximate surface area is 91.9 Å². The zero-order valence-corrected chi connectivity index (χ0v) is 9.61. The number of aromatic nitrogens is 1. The van der Waals surface area contributed by atoms with Gasteiger partial charge >= 0.3 is 0 Å². The summed E-state index contributed by atoms with van der Waals surface area (Å²) in [7, 11) is 0. The molecule has 2 N–H and O–H groups in total. The van der Waals surface area contributed by atoms with Gasteiger partial charge in [0.2, 0.25) is 0 Å². The van der Waals surface area contributed by atoms with Gasteiger partial charge in [-0.05, 0) is 19.4 Å². The molecule has 14 heavy (non-hydrogen) atoms. The van der Waals surface area contributed by atoms with Crippen LogP contribution in [0.15, 0.2) is 18.3 Å². The third-order valence-corrected chi connectivity index (χ3v) is 2.59. The standard InChI is InChI=1S/C10H14BrNO2/c1-7-8(3-2-6-12-7)10(14)9(13)4-5-11/h2-3,6,9-10,13-14H,4-5H2,1H3. The quantitative estimate of drug-likeness (QED) is 0.808. The zero-order valence-electron chi connectivity index (χ0n) is 8.02. The van der Waals surface area contributed by atoms with E-state index in [1.165, 1.54) is 0 Å². The number of rotatable bonds is 4. The lowest BCUT2D eigenvalue weighted by molar-refractivity contribution is 0.0167. The van der Waals surface area contributed by atoms with Crippen LogP contribution in [0.25, 0.3) is 0 Å². The summed E-state index contributed by atoms with van der Waals surface area (Å²) in [5, 5.41) is 20.0. The van der Waals surface area contributed by atoms with Gasteiger partial charge in [0.05, 0.1) is 6.10 Å². The molecule has 2 atom stereocenters. The molecular weight excluding hydrogens is 246 g/mol. The molecule has 0 saturated carbocycles. The van der Waals surface area contributed by atoms with Gasteiger partial charge in [-0.15, -0.1) is 0 Å². The smallest absolute Gasteiger partial charge is 0.107 e. The van der Waals surface area contributed by atoms with E-state index in [2.05, 4.69) is 20.9 Å². The summed E-state index contributed by atoms with van der Waals surface area (Å²) in [4.78, 5) is 4.06. The molecule has 0 aliphatic rings. The van der Waals surface area contributed by atoms with E-state index >= 15 is 0 Å². The first-order valence-electron chi connectivity index (χ1n) is 4.50. The predicted molar refractivity (Wildman–Crippen MR) is 58.4 cm³/mol. The summed E-state index contributed by atoms with van der Waals surface area (Å²) in [6.45, 7) is 1.82. The molecule has 0 aliphatic carbocycles. The highest BCUT2D eigenvalue weighted by atomic mass is 79.9. The van der Waals surface area contributed by atoms with Crippen molar-refractivity contribution in [3.05, 3.63) is 29.6 Å². The number of aliphatic hydroxyl groups excluding tert-OH is 2. The van der Waals surface area contributed by atoms with Gasteiger partial charge < -0.3 is 10.2 Å². The second-order valence-corrected chi connectivity index (χ2v) is 3.96. The third kappa shape index (κ3) is 2.77. The van der Waals surface area contributed by atoms with Crippen LogP contribution in [0.4, 0.5) is 0 Å². The summed E-state index contributed by atoms with van der Waals surface area (Å²) >= 11 is 3.22. The van der Waals surface area contributed by atoms with Crippen molar-refractivity contribution in [2.75, 3.05) is 5.33 Å². The van der Waals surface area contributed by atoms with Crippen molar-refractivity contribution in [1.29, 1.82) is 0 Å². The van der Waals surface area contributed by atoms with Crippen LogP contribution in [-0.2, 0) is 0 Å². The maximum Gasteiger partial charge on any atom is 0.107 e. The minimum atomic E-state index is -0.846. The molecule has 0 amide bonds. The van der Waals surface area contributed by atoms with Gasteiger partial charge in [-0.3, -0.25) is 4.98 Å². The van der Waals surface area contributed by atoms with Crippen molar-refractivity contribution in [2.24, 2.45) is 0 Å². The Balaban J connectivity index is 2.78. The van der Waals surface area contributed by atoms with Crippen LogP contribution in [0.2, 0.25) is 0 Å². The SMILES string of the molecule is Cc1ncccc1C(O)C(O)CCBr. The highest BCUT2D eigenvalue weighted by molar-refractivity contribution is 9.09. The largest absolute Gasteiger partial charge is 0.390 e. The number of pyridine rings is 1. The number of aryl methyl sites for hydroxylation is 1. The van der Waals surface area contributed by atoms with Crippen molar-refractivity contribution >= 4 is 15.9 Å². The molecule has 1 aromatic rings. The number of hydrogen-bond donors (Lipinski definition) is 2. The Morgan fingerprint density at radius 1 is 1.50 bits per heavy atom. The van der Waals surface area contributed by atoms with E-state index in [1.807, 2.05) is 6.92 Å². The molecule has 0 radical (unpaired) electrons. The van der Waals surface area contributed by atoms with Crippen LogP contribution in [0.5, 0.6) is 0 Å². The van der Waals surface area contributed by atoms with E-state index in [-0.39, 0.29) is 0 Å². The molecule has 1 aromatic heterocycles. The van der Waals surface area contributed by atoms with E-state index in [0.29, 0.717) is 17.3 Å². The number of hydrogen-bond acceptors (Lipinski definition) is 3. The van der Waals surface area contributed by atoms with Crippen LogP contribution in [0, 0.1) is 6.92 Å². The van der Waals surface area contributed by atoms with Crippen LogP contribution in [0.3, 0.4) is 0 Å². The second-order valence-electron chi connectivity index (χ2n) is 3.17. The first-order chi connectivity index (χ1) is 6.66. The Morgan fingerprint density at radius 2 is 2.21 bits per heavy atom. The van der Waals surface area contributed by atoms with Gasteiger partial charge in [0.15, 0.2) is 0 Å². The third-order valence-electron chi connectivity index (χ3n) is 2.14. The molecule has 0 aromatic carbocycles. The molecular formula is C10H14BrNO2. The fraction of sp³-hybridized carbons (Fsp3) is 0.500. The number of aliphatic hydroxyl groups is 2. The van der Waals surface area contributed by atoms with E-state index in [0.717, 1.165) is 5.69 Å². The summed E-state index contributed by atoms with van der Waals surface area (Å²) in [5.74, 6) is 0. The van der Waals surface area contributed by atoms with Crippen LogP contribution in [-0.4, -0.2) is 26.6 Å². The molecule has 1 rings (SSSR count). The van der Waals surface area contributed by atoms with Gasteiger partial charge in [0.25, 0.3) is 0 Å². The molecule has 4 heteroatoms. The Kier molecular flexibility index (Phi) is 4.51. The number of alkyl halides is 1. The van der Waals surface area contributed by atoms with E-state index in [9.17, 15) is 10.2 Å². The minimum absolute atomic E-state index is 0.523. The Morgan fingerprint density at radius 3 is 2.79 bits per heavy atom. The van der Waals surface area contributed by atoms with Crippen LogP contribution in [0.1, 0.15) is 23.8 Å². The maximum absolute atomic E-state index is 9.79. The summed E-state index contributed by atoms with van der Waals surface area (Å²) in [5.41, 5.74) is 1.45. The second kappa shape index (κ2) is 5.44. The molecule has 0 aliphatic heterocycles. The van der Waals surface area contributed by atoms with Gasteiger partial charge in [0.1, 0.15) is 6.10 Å². The average Bonchev–Trinajstić information content (AvgIpc) is 2.18. The highest BCUT2D eigenvalue weighted by Crippen LogP contribution is 2.21. The van der Waals surface area contributed by atoms with Crippen molar-refractivity contribution in [1.82, 2.24) is 4.98 Å². The molecule has 0 spiro atoms. The van der Waals surface area contributed by atoms with Crippen molar-refractivity contribution in [3.63, 3.8) is 0 Å². The lowest BCUT2D eigenvalue weighted by atomic mass is 10.0. The number of nitrogens with zero attached hydrogens (tertiary/aromatic N) is 1. The number of halogens is 1. The van der Waals surface area contributed by atoms with Crippen LogP contribution < -0.4 is 0 Å². The van der Waals surface area contributed by atoms with Crippen LogP contribution >= 0.6 is 15.9 Å². The highest BCUT2D eigenvalue weighted by Gasteiger charge is 2.19. The molecule has 3 nitrogen and oxygen atoms in total. The maximum atomic E-state index is 9.79. The lowest BCUT2D eigenvalue weighted by Crippen LogP contribution is -2.19. The fourth-order valence-electron chi connectivity index (χ4n) is 1.29. The molecule has 0 bridgehead atoms. The fourth-order valence-corrected chi connectivity index (χ4v) is 1.76. The average molecular weight is 260 g/mol. The van der Waals surface area contributed by atoms with Gasteiger partial charge in [0, 0.05) is 22.8 Å². The van der Waals surface area contributed by atoms with E-state index in [1.54, 1.807) is 18.3 Å². The Bertz CT molecular complexity index is 293. The first-order valence-corrected chi connectivity index (χ1v) is 5.62. The molecule has 0 saturated heterocycles. The molecule has 1 heterocycles. The summed E-state index contributed by atoms with van der Waals surface area (Å²) in [6.07, 6.45) is 0.608. The summed E-state index contributed by atoms with van der Waals surface area (Å²) in [6, 6.07) is 3.54. The lowest BCUT2D eigenvalue weighted by Gasteiger charge is -2.18. The zero-order chi connectivity index (χ0) is 10.6. The topological polar surface area (TPSA) is 53.4 Å². The van der Waals surface area contributed by atoms with Gasteiger partial charge in [-0.1, -0.05) is 22.0 Å². The molecule has 78 valence electrons. The van der Waals surface area contributed by atoms with E-state index in [4.69, 9.17) is 0 Å². The predicted octanol–water partition coefficient (Wildman–Crippen LogP) is 1.57. The van der Waals surface area contributed by atoms with Crippen molar-refractivity contribution < 1.29 is 10.2 Å². The molecule has 0 fully saturated rings. The Hall–Kier alpha value is -0.450.